The molecule has 3 rings (SSSR count). The van der Waals surface area contributed by atoms with Gasteiger partial charge in [0, 0.05) is 5.25 Å². The molecule has 0 aromatic heterocycles. The van der Waals surface area contributed by atoms with E-state index in [1.54, 1.807) is 0 Å². The largest absolute Gasteiger partial charge is 0.176 e. The number of thiol groups is 1. The van der Waals surface area contributed by atoms with Crippen molar-refractivity contribution in [1.29, 1.82) is 0 Å². The Balaban J connectivity index is 1.86. The smallest absolute Gasteiger partial charge is 0.00506 e. The fraction of sp³-hybridized carbons (Fsp3) is 1.00. The molecule has 1 heteroatoms. The molecule has 0 aromatic carbocycles. The summed E-state index contributed by atoms with van der Waals surface area (Å²) in [4.78, 5) is 0. The SMILES string of the molecule is CC1CC2C3CC(S)C(C3)C2C1. The third kappa shape index (κ3) is 0.865. The van der Waals surface area contributed by atoms with Crippen LogP contribution in [0.4, 0.5) is 0 Å². The second-order valence-electron chi connectivity index (χ2n) is 5.37. The van der Waals surface area contributed by atoms with Gasteiger partial charge in [0.15, 0.2) is 0 Å². The van der Waals surface area contributed by atoms with E-state index in [-0.39, 0.29) is 0 Å². The predicted octanol–water partition coefficient (Wildman–Crippen LogP) is 2.99. The van der Waals surface area contributed by atoms with Gasteiger partial charge in [0.1, 0.15) is 0 Å². The molecule has 2 bridgehead atoms. The van der Waals surface area contributed by atoms with E-state index in [0.717, 1.165) is 34.8 Å². The van der Waals surface area contributed by atoms with Crippen LogP contribution >= 0.6 is 12.6 Å². The van der Waals surface area contributed by atoms with Gasteiger partial charge in [-0.1, -0.05) is 6.92 Å². The molecule has 68 valence electrons. The van der Waals surface area contributed by atoms with Gasteiger partial charge in [0.2, 0.25) is 0 Å². The Kier molecular flexibility index (Phi) is 1.57. The summed E-state index contributed by atoms with van der Waals surface area (Å²) in [6.07, 6.45) is 6.01. The van der Waals surface area contributed by atoms with Gasteiger partial charge >= 0.3 is 0 Å². The quantitative estimate of drug-likeness (QED) is 0.547. The maximum atomic E-state index is 4.71. The first-order valence-electron chi connectivity index (χ1n) is 5.43. The summed E-state index contributed by atoms with van der Waals surface area (Å²) in [5.41, 5.74) is 0. The summed E-state index contributed by atoms with van der Waals surface area (Å²) < 4.78 is 0. The van der Waals surface area contributed by atoms with Crippen LogP contribution in [0, 0.1) is 29.6 Å². The molecule has 12 heavy (non-hydrogen) atoms. The molecule has 0 heterocycles. The Morgan fingerprint density at radius 1 is 0.917 bits per heavy atom. The summed E-state index contributed by atoms with van der Waals surface area (Å²) >= 11 is 4.71. The van der Waals surface area contributed by atoms with Crippen LogP contribution in [0.5, 0.6) is 0 Å². The van der Waals surface area contributed by atoms with Crippen LogP contribution in [0.25, 0.3) is 0 Å². The third-order valence-electron chi connectivity index (χ3n) is 4.67. The van der Waals surface area contributed by atoms with Gasteiger partial charge in [-0.05, 0) is 55.3 Å². The van der Waals surface area contributed by atoms with Crippen molar-refractivity contribution in [1.82, 2.24) is 0 Å². The Bertz CT molecular complexity index is 197. The second kappa shape index (κ2) is 2.43. The lowest BCUT2D eigenvalue weighted by molar-refractivity contribution is 0.267. The molecule has 0 aliphatic heterocycles. The van der Waals surface area contributed by atoms with Gasteiger partial charge in [0.05, 0.1) is 0 Å². The van der Waals surface area contributed by atoms with E-state index in [0.29, 0.717) is 0 Å². The maximum absolute atomic E-state index is 4.71. The van der Waals surface area contributed by atoms with Crippen LogP contribution in [0.3, 0.4) is 0 Å². The minimum atomic E-state index is 0.765. The van der Waals surface area contributed by atoms with Crippen molar-refractivity contribution < 1.29 is 0 Å². The Morgan fingerprint density at radius 2 is 1.67 bits per heavy atom. The molecule has 0 aromatic rings. The van der Waals surface area contributed by atoms with Crippen LogP contribution in [0.1, 0.15) is 32.6 Å². The fourth-order valence-electron chi connectivity index (χ4n) is 4.31. The topological polar surface area (TPSA) is 0 Å². The second-order valence-corrected chi connectivity index (χ2v) is 6.03. The molecule has 0 amide bonds. The van der Waals surface area contributed by atoms with E-state index < -0.39 is 0 Å². The zero-order valence-corrected chi connectivity index (χ0v) is 8.63. The Hall–Kier alpha value is 0.350. The van der Waals surface area contributed by atoms with Crippen molar-refractivity contribution in [3.63, 3.8) is 0 Å². The van der Waals surface area contributed by atoms with Crippen molar-refractivity contribution >= 4 is 12.6 Å². The number of hydrogen-bond acceptors (Lipinski definition) is 1. The van der Waals surface area contributed by atoms with Gasteiger partial charge in [-0.2, -0.15) is 12.6 Å². The fourth-order valence-corrected chi connectivity index (χ4v) is 4.92. The molecule has 3 aliphatic carbocycles. The lowest BCUT2D eigenvalue weighted by Crippen LogP contribution is -2.24. The molecule has 0 saturated heterocycles. The summed E-state index contributed by atoms with van der Waals surface area (Å²) in [5, 5.41) is 0.765. The van der Waals surface area contributed by atoms with Crippen molar-refractivity contribution in [3.8, 4) is 0 Å². The minimum absolute atomic E-state index is 0.765. The van der Waals surface area contributed by atoms with Gasteiger partial charge in [-0.25, -0.2) is 0 Å². The molecule has 3 aliphatic rings. The first-order valence-corrected chi connectivity index (χ1v) is 5.95. The normalized spacial score (nSPS) is 62.5. The molecular formula is C11H18S. The lowest BCUT2D eigenvalue weighted by Gasteiger charge is -2.28. The monoisotopic (exact) mass is 182 g/mol. The van der Waals surface area contributed by atoms with Crippen LogP contribution < -0.4 is 0 Å². The zero-order chi connectivity index (χ0) is 8.29. The number of rotatable bonds is 0. The van der Waals surface area contributed by atoms with Crippen molar-refractivity contribution in [3.05, 3.63) is 0 Å². The predicted molar refractivity (Wildman–Crippen MR) is 54.4 cm³/mol. The van der Waals surface area contributed by atoms with Gasteiger partial charge in [-0.3, -0.25) is 0 Å². The highest BCUT2D eigenvalue weighted by Gasteiger charge is 2.54. The Morgan fingerprint density at radius 3 is 2.50 bits per heavy atom. The molecule has 6 atom stereocenters. The van der Waals surface area contributed by atoms with Gasteiger partial charge < -0.3 is 0 Å². The molecule has 3 saturated carbocycles. The minimum Gasteiger partial charge on any atom is -0.176 e. The zero-order valence-electron chi connectivity index (χ0n) is 7.74. The average molecular weight is 182 g/mol. The highest BCUT2D eigenvalue weighted by atomic mass is 32.1. The third-order valence-corrected chi connectivity index (χ3v) is 5.26. The van der Waals surface area contributed by atoms with Crippen LogP contribution in [-0.2, 0) is 0 Å². The Labute approximate surface area is 80.5 Å². The van der Waals surface area contributed by atoms with Crippen molar-refractivity contribution in [2.75, 3.05) is 0 Å². The van der Waals surface area contributed by atoms with Crippen LogP contribution in [0.2, 0.25) is 0 Å². The molecule has 0 radical (unpaired) electrons. The molecule has 0 N–H and O–H groups in total. The van der Waals surface area contributed by atoms with Crippen molar-refractivity contribution in [2.45, 2.75) is 37.9 Å². The number of fused-ring (bicyclic) bond motifs is 5. The highest BCUT2D eigenvalue weighted by molar-refractivity contribution is 7.81. The van der Waals surface area contributed by atoms with E-state index >= 15 is 0 Å². The first kappa shape index (κ1) is 7.73. The summed E-state index contributed by atoms with van der Waals surface area (Å²) in [6, 6.07) is 0. The van der Waals surface area contributed by atoms with E-state index in [1.807, 2.05) is 0 Å². The average Bonchev–Trinajstić information content (AvgIpc) is 2.57. The van der Waals surface area contributed by atoms with Crippen molar-refractivity contribution in [2.24, 2.45) is 29.6 Å². The first-order chi connectivity index (χ1) is 5.75. The van der Waals surface area contributed by atoms with Crippen LogP contribution in [0.15, 0.2) is 0 Å². The summed E-state index contributed by atoms with van der Waals surface area (Å²) in [5.74, 6) is 5.30. The van der Waals surface area contributed by atoms with E-state index in [2.05, 4.69) is 6.92 Å². The van der Waals surface area contributed by atoms with Gasteiger partial charge in [-0.15, -0.1) is 0 Å². The molecule has 0 spiro atoms. The number of hydrogen-bond donors (Lipinski definition) is 1. The summed E-state index contributed by atoms with van der Waals surface area (Å²) in [7, 11) is 0. The molecular weight excluding hydrogens is 164 g/mol. The lowest BCUT2D eigenvalue weighted by atomic mass is 9.81. The maximum Gasteiger partial charge on any atom is 0.00506 e. The highest BCUT2D eigenvalue weighted by Crippen LogP contribution is 2.61. The van der Waals surface area contributed by atoms with E-state index in [4.69, 9.17) is 12.6 Å². The molecule has 6 unspecified atom stereocenters. The molecule has 3 fully saturated rings. The summed E-state index contributed by atoms with van der Waals surface area (Å²) in [6.45, 7) is 2.44. The van der Waals surface area contributed by atoms with Crippen LogP contribution in [-0.4, -0.2) is 5.25 Å². The van der Waals surface area contributed by atoms with E-state index in [9.17, 15) is 0 Å². The van der Waals surface area contributed by atoms with E-state index in [1.165, 1.54) is 25.7 Å². The molecule has 0 nitrogen and oxygen atoms in total. The van der Waals surface area contributed by atoms with Gasteiger partial charge in [0.25, 0.3) is 0 Å². The standard InChI is InChI=1S/C11H18S/c1-6-2-8-7-4-10(9(8)3-6)11(12)5-7/h6-12H,2-5H2,1H3.